The molecule has 6 nitrogen and oxygen atoms in total. The second-order valence-electron chi connectivity index (χ2n) is 5.77. The lowest BCUT2D eigenvalue weighted by molar-refractivity contribution is 0.122. The van der Waals surface area contributed by atoms with Crippen molar-refractivity contribution < 1.29 is 4.74 Å². The smallest absolute Gasteiger partial charge is 0.246 e. The molecule has 1 saturated heterocycles. The summed E-state index contributed by atoms with van der Waals surface area (Å²) in [5.74, 6) is 0.541. The molecule has 0 saturated carbocycles. The van der Waals surface area contributed by atoms with Gasteiger partial charge in [-0.3, -0.25) is 0 Å². The van der Waals surface area contributed by atoms with Gasteiger partial charge < -0.3 is 15.0 Å². The van der Waals surface area contributed by atoms with E-state index in [9.17, 15) is 0 Å². The molecule has 3 aromatic rings. The quantitative estimate of drug-likeness (QED) is 0.776. The fourth-order valence-electron chi connectivity index (χ4n) is 2.79. The van der Waals surface area contributed by atoms with E-state index in [2.05, 4.69) is 26.4 Å². The molecule has 0 atom stereocenters. The fraction of sp³-hybridized carbons (Fsp3) is 0.222. The summed E-state index contributed by atoms with van der Waals surface area (Å²) in [6, 6.07) is 15.8. The maximum absolute atomic E-state index is 6.32. The van der Waals surface area contributed by atoms with Gasteiger partial charge in [-0.1, -0.05) is 29.8 Å². The molecule has 2 heterocycles. The van der Waals surface area contributed by atoms with E-state index in [4.69, 9.17) is 16.3 Å². The summed E-state index contributed by atoms with van der Waals surface area (Å²) in [6.07, 6.45) is 1.68. The first-order valence-corrected chi connectivity index (χ1v) is 8.53. The van der Waals surface area contributed by atoms with Crippen molar-refractivity contribution in [3.8, 4) is 5.69 Å². The zero-order valence-corrected chi connectivity index (χ0v) is 14.4. The normalized spacial score (nSPS) is 14.5. The van der Waals surface area contributed by atoms with Crippen LogP contribution in [-0.2, 0) is 4.74 Å². The van der Waals surface area contributed by atoms with Crippen molar-refractivity contribution in [3.05, 3.63) is 59.9 Å². The third-order valence-corrected chi connectivity index (χ3v) is 4.25. The van der Waals surface area contributed by atoms with Crippen LogP contribution < -0.4 is 10.2 Å². The van der Waals surface area contributed by atoms with Crippen LogP contribution >= 0.6 is 11.6 Å². The number of ether oxygens (including phenoxy) is 1. The van der Waals surface area contributed by atoms with Gasteiger partial charge in [0.25, 0.3) is 0 Å². The van der Waals surface area contributed by atoms with Gasteiger partial charge in [-0.25, -0.2) is 4.68 Å². The summed E-state index contributed by atoms with van der Waals surface area (Å²) in [5, 5.41) is 8.35. The van der Waals surface area contributed by atoms with E-state index >= 15 is 0 Å². The van der Waals surface area contributed by atoms with Gasteiger partial charge in [-0.15, -0.1) is 5.10 Å². The zero-order chi connectivity index (χ0) is 17.1. The molecule has 128 valence electrons. The Hall–Kier alpha value is -2.57. The van der Waals surface area contributed by atoms with E-state index in [1.807, 2.05) is 42.5 Å². The van der Waals surface area contributed by atoms with Crippen LogP contribution in [0.3, 0.4) is 0 Å². The maximum atomic E-state index is 6.32. The second-order valence-corrected chi connectivity index (χ2v) is 6.21. The number of aromatic nitrogens is 3. The summed E-state index contributed by atoms with van der Waals surface area (Å²) in [6.45, 7) is 3.18. The Morgan fingerprint density at radius 1 is 1.00 bits per heavy atom. The van der Waals surface area contributed by atoms with Crippen molar-refractivity contribution in [3.63, 3.8) is 0 Å². The van der Waals surface area contributed by atoms with Gasteiger partial charge in [0.05, 0.1) is 18.9 Å². The Morgan fingerprint density at radius 3 is 2.56 bits per heavy atom. The number of nitrogens with one attached hydrogen (secondary N) is 1. The third-order valence-electron chi connectivity index (χ3n) is 4.03. The van der Waals surface area contributed by atoms with Crippen LogP contribution in [0.25, 0.3) is 5.69 Å². The molecule has 2 aromatic carbocycles. The first-order valence-electron chi connectivity index (χ1n) is 8.15. The molecule has 4 rings (SSSR count). The van der Waals surface area contributed by atoms with Crippen molar-refractivity contribution in [1.29, 1.82) is 0 Å². The van der Waals surface area contributed by atoms with Gasteiger partial charge in [0.1, 0.15) is 6.33 Å². The van der Waals surface area contributed by atoms with E-state index < -0.39 is 0 Å². The van der Waals surface area contributed by atoms with Crippen molar-refractivity contribution in [2.45, 2.75) is 0 Å². The van der Waals surface area contributed by atoms with Gasteiger partial charge in [0, 0.05) is 29.5 Å². The fourth-order valence-corrected chi connectivity index (χ4v) is 3.01. The zero-order valence-electron chi connectivity index (χ0n) is 13.6. The third kappa shape index (κ3) is 3.75. The van der Waals surface area contributed by atoms with E-state index in [0.717, 1.165) is 43.4 Å². The highest BCUT2D eigenvalue weighted by atomic mass is 35.5. The first kappa shape index (κ1) is 15.9. The van der Waals surface area contributed by atoms with Gasteiger partial charge in [-0.2, -0.15) is 4.98 Å². The number of hydrogen-bond acceptors (Lipinski definition) is 5. The van der Waals surface area contributed by atoms with Crippen LogP contribution in [0.2, 0.25) is 5.02 Å². The van der Waals surface area contributed by atoms with Gasteiger partial charge in [0.2, 0.25) is 5.95 Å². The minimum absolute atomic E-state index is 0.541. The van der Waals surface area contributed by atoms with Crippen LogP contribution in [0.5, 0.6) is 0 Å². The predicted octanol–water partition coefficient (Wildman–Crippen LogP) is 3.50. The van der Waals surface area contributed by atoms with Crippen molar-refractivity contribution in [2.24, 2.45) is 0 Å². The number of morpholine rings is 1. The molecule has 1 N–H and O–H groups in total. The molecule has 0 spiro atoms. The standard InChI is InChI=1S/C18H18ClN5O/c19-14-10-16(23-6-8-25-9-7-23)12-17(11-14)24-13-20-18(22-24)21-15-4-2-1-3-5-15/h1-5,10-13H,6-9H2,(H,21,22). The Morgan fingerprint density at radius 2 is 1.76 bits per heavy atom. The largest absolute Gasteiger partial charge is 0.378 e. The van der Waals surface area contributed by atoms with Gasteiger partial charge in [-0.05, 0) is 30.3 Å². The lowest BCUT2D eigenvalue weighted by atomic mass is 10.2. The number of para-hydroxylation sites is 1. The number of anilines is 3. The number of nitrogens with zero attached hydrogens (tertiary/aromatic N) is 4. The highest BCUT2D eigenvalue weighted by molar-refractivity contribution is 6.31. The molecule has 1 fully saturated rings. The minimum atomic E-state index is 0.541. The van der Waals surface area contributed by atoms with E-state index in [1.165, 1.54) is 0 Å². The Labute approximate surface area is 151 Å². The van der Waals surface area contributed by atoms with Crippen molar-refractivity contribution in [1.82, 2.24) is 14.8 Å². The van der Waals surface area contributed by atoms with Crippen LogP contribution in [0.1, 0.15) is 0 Å². The lowest BCUT2D eigenvalue weighted by Gasteiger charge is -2.29. The van der Waals surface area contributed by atoms with E-state index in [-0.39, 0.29) is 0 Å². The van der Waals surface area contributed by atoms with Crippen LogP contribution in [0.15, 0.2) is 54.9 Å². The average Bonchev–Trinajstić information content (AvgIpc) is 3.11. The molecule has 7 heteroatoms. The topological polar surface area (TPSA) is 55.2 Å². The first-order chi connectivity index (χ1) is 12.3. The highest BCUT2D eigenvalue weighted by Gasteiger charge is 2.13. The van der Waals surface area contributed by atoms with E-state index in [0.29, 0.717) is 11.0 Å². The summed E-state index contributed by atoms with van der Waals surface area (Å²) in [7, 11) is 0. The maximum Gasteiger partial charge on any atom is 0.246 e. The molecule has 0 aliphatic carbocycles. The molecule has 1 aliphatic rings. The summed E-state index contributed by atoms with van der Waals surface area (Å²) < 4.78 is 7.14. The van der Waals surface area contributed by atoms with Crippen molar-refractivity contribution in [2.75, 3.05) is 36.5 Å². The molecule has 0 radical (unpaired) electrons. The van der Waals surface area contributed by atoms with E-state index in [1.54, 1.807) is 11.0 Å². The van der Waals surface area contributed by atoms with Crippen LogP contribution in [0, 0.1) is 0 Å². The number of benzene rings is 2. The predicted molar refractivity (Wildman–Crippen MR) is 99.1 cm³/mol. The summed E-state index contributed by atoms with van der Waals surface area (Å²) in [4.78, 5) is 6.59. The minimum Gasteiger partial charge on any atom is -0.378 e. The summed E-state index contributed by atoms with van der Waals surface area (Å²) in [5.41, 5.74) is 2.89. The summed E-state index contributed by atoms with van der Waals surface area (Å²) >= 11 is 6.32. The highest BCUT2D eigenvalue weighted by Crippen LogP contribution is 2.25. The molecule has 1 aliphatic heterocycles. The Balaban J connectivity index is 1.58. The van der Waals surface area contributed by atoms with Gasteiger partial charge in [0.15, 0.2) is 0 Å². The molecule has 25 heavy (non-hydrogen) atoms. The molecular weight excluding hydrogens is 338 g/mol. The average molecular weight is 356 g/mol. The Kier molecular flexibility index (Phi) is 4.54. The molecular formula is C18H18ClN5O. The van der Waals surface area contributed by atoms with Crippen molar-refractivity contribution >= 4 is 28.9 Å². The molecule has 1 aromatic heterocycles. The molecule has 0 amide bonds. The SMILES string of the molecule is Clc1cc(N2CCOCC2)cc(-n2cnc(Nc3ccccc3)n2)c1. The van der Waals surface area contributed by atoms with Gasteiger partial charge >= 0.3 is 0 Å². The van der Waals surface area contributed by atoms with Crippen LogP contribution in [-0.4, -0.2) is 41.1 Å². The number of halogens is 1. The number of rotatable bonds is 4. The number of hydrogen-bond donors (Lipinski definition) is 1. The van der Waals surface area contributed by atoms with Crippen LogP contribution in [0.4, 0.5) is 17.3 Å². The second kappa shape index (κ2) is 7.13. The Bertz CT molecular complexity index is 846. The molecule has 0 unspecified atom stereocenters. The lowest BCUT2D eigenvalue weighted by Crippen LogP contribution is -2.36. The molecule has 0 bridgehead atoms. The monoisotopic (exact) mass is 355 g/mol.